The van der Waals surface area contributed by atoms with E-state index in [1.165, 1.54) is 58.2 Å². The Bertz CT molecular complexity index is 1400. The average molecular weight is 454 g/mol. The van der Waals surface area contributed by atoms with E-state index >= 15 is 0 Å². The third-order valence-corrected chi connectivity index (χ3v) is 9.09. The van der Waals surface area contributed by atoms with Crippen molar-refractivity contribution in [1.29, 1.82) is 0 Å². The van der Waals surface area contributed by atoms with Crippen LogP contribution in [0.4, 0.5) is 0 Å². The van der Waals surface area contributed by atoms with E-state index in [0.717, 1.165) is 0 Å². The highest BCUT2D eigenvalue weighted by Gasteiger charge is 2.39. The second-order valence-electron chi connectivity index (χ2n) is 8.48. The molecule has 5 aromatic carbocycles. The van der Waals surface area contributed by atoms with E-state index < -0.39 is 0 Å². The largest absolute Gasteiger partial charge is 0.247 e. The van der Waals surface area contributed by atoms with Gasteiger partial charge in [-0.15, -0.1) is 0 Å². The van der Waals surface area contributed by atoms with Gasteiger partial charge in [-0.25, -0.2) is 0 Å². The fourth-order valence-corrected chi connectivity index (χ4v) is 7.84. The van der Waals surface area contributed by atoms with Crippen molar-refractivity contribution in [1.82, 2.24) is 0 Å². The first-order chi connectivity index (χ1) is 16.4. The Kier molecular flexibility index (Phi) is 4.53. The predicted octanol–water partition coefficient (Wildman–Crippen LogP) is 6.47. The van der Waals surface area contributed by atoms with Crippen LogP contribution < -0.4 is 16.4 Å². The van der Waals surface area contributed by atoms with Crippen molar-refractivity contribution in [2.45, 2.75) is 19.6 Å². The van der Waals surface area contributed by atoms with Gasteiger partial charge in [-0.05, 0) is 39.8 Å². The molecule has 7 rings (SSSR count). The van der Waals surface area contributed by atoms with Crippen LogP contribution in [0, 0.1) is 0 Å². The Morgan fingerprint density at radius 2 is 0.879 bits per heavy atom. The lowest BCUT2D eigenvalue weighted by Gasteiger charge is -2.34. The zero-order valence-corrected chi connectivity index (χ0v) is 19.5. The monoisotopic (exact) mass is 454 g/mol. The molecule has 2 heterocycles. The summed E-state index contributed by atoms with van der Waals surface area (Å²) in [4.78, 5) is 5.55. The molecule has 0 radical (unpaired) electrons. The first kappa shape index (κ1) is 19.3. The number of hydrogen-bond donors (Lipinski definition) is 0. The Labute approximate surface area is 203 Å². The van der Waals surface area contributed by atoms with Gasteiger partial charge in [0.2, 0.25) is 6.71 Å². The van der Waals surface area contributed by atoms with Gasteiger partial charge in [0, 0.05) is 19.6 Å². The molecule has 0 unspecified atom stereocenters. The SMILES string of the molecule is c1ccc(-c2cccc3c2Sc2cccc4c2B3c2cccc(-c3ccccc3)c2S4)cc1. The molecule has 0 aliphatic carbocycles. The van der Waals surface area contributed by atoms with Crippen molar-refractivity contribution in [3.63, 3.8) is 0 Å². The van der Waals surface area contributed by atoms with Crippen molar-refractivity contribution < 1.29 is 0 Å². The molecule has 0 nitrogen and oxygen atoms in total. The van der Waals surface area contributed by atoms with Gasteiger partial charge < -0.3 is 0 Å². The second-order valence-corrected chi connectivity index (χ2v) is 10.6. The molecular weight excluding hydrogens is 435 g/mol. The Hall–Kier alpha value is -3.14. The lowest BCUT2D eigenvalue weighted by atomic mass is 9.36. The van der Waals surface area contributed by atoms with Crippen molar-refractivity contribution in [3.05, 3.63) is 115 Å². The van der Waals surface area contributed by atoms with Gasteiger partial charge >= 0.3 is 0 Å². The molecule has 0 fully saturated rings. The summed E-state index contributed by atoms with van der Waals surface area (Å²) in [5.74, 6) is 0. The first-order valence-corrected chi connectivity index (χ1v) is 12.9. The van der Waals surface area contributed by atoms with Gasteiger partial charge in [0.05, 0.1) is 0 Å². The minimum Gasteiger partial charge on any atom is -0.0905 e. The average Bonchev–Trinajstić information content (AvgIpc) is 2.89. The molecule has 0 spiro atoms. The third-order valence-electron chi connectivity index (χ3n) is 6.62. The van der Waals surface area contributed by atoms with Crippen molar-refractivity contribution >= 4 is 46.6 Å². The topological polar surface area (TPSA) is 0 Å². The minimum absolute atomic E-state index is 0.260. The Morgan fingerprint density at radius 3 is 1.36 bits per heavy atom. The quantitative estimate of drug-likeness (QED) is 0.275. The number of fused-ring (bicyclic) bond motifs is 4. The van der Waals surface area contributed by atoms with E-state index in [1.54, 1.807) is 0 Å². The third kappa shape index (κ3) is 3.03. The Morgan fingerprint density at radius 1 is 0.424 bits per heavy atom. The minimum atomic E-state index is 0.260. The number of hydrogen-bond acceptors (Lipinski definition) is 2. The van der Waals surface area contributed by atoms with Gasteiger partial charge in [-0.2, -0.15) is 0 Å². The van der Waals surface area contributed by atoms with Crippen molar-refractivity contribution in [3.8, 4) is 22.3 Å². The molecule has 5 aromatic rings. The molecule has 33 heavy (non-hydrogen) atoms. The zero-order chi connectivity index (χ0) is 21.8. The number of benzene rings is 5. The molecular formula is C30H19BS2. The molecule has 2 aliphatic heterocycles. The van der Waals surface area contributed by atoms with Crippen LogP contribution in [-0.4, -0.2) is 6.71 Å². The normalized spacial score (nSPS) is 13.2. The Balaban J connectivity index is 1.50. The van der Waals surface area contributed by atoms with Gasteiger partial charge in [-0.3, -0.25) is 0 Å². The van der Waals surface area contributed by atoms with Gasteiger partial charge in [-0.1, -0.05) is 138 Å². The van der Waals surface area contributed by atoms with Crippen LogP contribution >= 0.6 is 23.5 Å². The van der Waals surface area contributed by atoms with Crippen LogP contribution in [-0.2, 0) is 0 Å². The number of rotatable bonds is 2. The van der Waals surface area contributed by atoms with Gasteiger partial charge in [0.1, 0.15) is 0 Å². The molecule has 154 valence electrons. The molecule has 0 saturated heterocycles. The summed E-state index contributed by atoms with van der Waals surface area (Å²) in [5.41, 5.74) is 9.54. The summed E-state index contributed by atoms with van der Waals surface area (Å²) in [6.07, 6.45) is 0. The molecule has 0 bridgehead atoms. The van der Waals surface area contributed by atoms with E-state index in [0.29, 0.717) is 0 Å². The summed E-state index contributed by atoms with van der Waals surface area (Å²) in [7, 11) is 0. The van der Waals surface area contributed by atoms with E-state index in [9.17, 15) is 0 Å². The zero-order valence-electron chi connectivity index (χ0n) is 17.9. The van der Waals surface area contributed by atoms with Crippen LogP contribution in [0.15, 0.2) is 135 Å². The molecule has 3 heteroatoms. The summed E-state index contributed by atoms with van der Waals surface area (Å²) in [5, 5.41) is 0. The van der Waals surface area contributed by atoms with Crippen LogP contribution in [0.2, 0.25) is 0 Å². The fourth-order valence-electron chi connectivity index (χ4n) is 5.17. The van der Waals surface area contributed by atoms with E-state index in [4.69, 9.17) is 0 Å². The van der Waals surface area contributed by atoms with Crippen LogP contribution in [0.1, 0.15) is 0 Å². The van der Waals surface area contributed by atoms with Crippen molar-refractivity contribution in [2.75, 3.05) is 0 Å². The molecule has 0 amide bonds. The fraction of sp³-hybridized carbons (Fsp3) is 0. The lowest BCUT2D eigenvalue weighted by molar-refractivity contribution is 1.33. The van der Waals surface area contributed by atoms with E-state index in [1.807, 2.05) is 23.5 Å². The second kappa shape index (κ2) is 7.72. The predicted molar refractivity (Wildman–Crippen MR) is 143 cm³/mol. The van der Waals surface area contributed by atoms with Crippen LogP contribution in [0.25, 0.3) is 22.3 Å². The van der Waals surface area contributed by atoms with Crippen molar-refractivity contribution in [2.24, 2.45) is 0 Å². The molecule has 0 saturated carbocycles. The molecule has 0 atom stereocenters. The van der Waals surface area contributed by atoms with Gasteiger partial charge in [0.15, 0.2) is 0 Å². The molecule has 0 N–H and O–H groups in total. The summed E-state index contributed by atoms with van der Waals surface area (Å²) >= 11 is 3.87. The smallest absolute Gasteiger partial charge is 0.0905 e. The van der Waals surface area contributed by atoms with E-state index in [-0.39, 0.29) is 6.71 Å². The summed E-state index contributed by atoms with van der Waals surface area (Å²) < 4.78 is 0. The van der Waals surface area contributed by atoms with Gasteiger partial charge in [0.25, 0.3) is 0 Å². The molecule has 2 aliphatic rings. The molecule has 0 aromatic heterocycles. The van der Waals surface area contributed by atoms with Crippen LogP contribution in [0.5, 0.6) is 0 Å². The first-order valence-electron chi connectivity index (χ1n) is 11.2. The maximum atomic E-state index is 2.34. The highest BCUT2D eigenvalue weighted by Crippen LogP contribution is 2.43. The highest BCUT2D eigenvalue weighted by molar-refractivity contribution is 8.01. The highest BCUT2D eigenvalue weighted by atomic mass is 32.2. The van der Waals surface area contributed by atoms with Crippen LogP contribution in [0.3, 0.4) is 0 Å². The summed E-state index contributed by atoms with van der Waals surface area (Å²) in [6.45, 7) is 0.260. The summed E-state index contributed by atoms with van der Waals surface area (Å²) in [6, 6.07) is 42.1. The maximum absolute atomic E-state index is 2.34. The lowest BCUT2D eigenvalue weighted by Crippen LogP contribution is -2.58. The standard InChI is InChI=1S/C30H19BS2/c1-3-10-20(11-4-1)22-14-7-16-24-29(22)32-26-18-9-19-27-28(26)31(24)25-17-8-15-23(30(25)33-27)21-12-5-2-6-13-21/h1-19H. The van der Waals surface area contributed by atoms with E-state index in [2.05, 4.69) is 115 Å². The maximum Gasteiger partial charge on any atom is 0.247 e.